The summed E-state index contributed by atoms with van der Waals surface area (Å²) in [5.41, 5.74) is 2.97. The molecule has 96 valence electrons. The molecule has 4 nitrogen and oxygen atoms in total. The Bertz CT molecular complexity index is 483. The van der Waals surface area contributed by atoms with E-state index < -0.39 is 15.5 Å². The Balaban J connectivity index is 3.06. The normalized spacial score (nSPS) is 13.4. The topological polar surface area (TPSA) is 66.4 Å². The summed E-state index contributed by atoms with van der Waals surface area (Å²) in [5.74, 6) is 0. The van der Waals surface area contributed by atoms with Gasteiger partial charge in [-0.25, -0.2) is 0 Å². The van der Waals surface area contributed by atoms with Gasteiger partial charge in [-0.05, 0) is 37.0 Å². The Kier molecular flexibility index (Phi) is 4.54. The highest BCUT2D eigenvalue weighted by Gasteiger charge is 2.21. The zero-order valence-electron chi connectivity index (χ0n) is 10.4. The van der Waals surface area contributed by atoms with Crippen molar-refractivity contribution in [1.82, 2.24) is 0 Å². The molecule has 0 amide bonds. The van der Waals surface area contributed by atoms with Crippen LogP contribution in [0, 0.1) is 6.92 Å². The van der Waals surface area contributed by atoms with Gasteiger partial charge in [0.2, 0.25) is 0 Å². The van der Waals surface area contributed by atoms with Crippen molar-refractivity contribution in [3.05, 3.63) is 29.3 Å². The Labute approximate surface area is 103 Å². The first-order valence-corrected chi connectivity index (χ1v) is 7.21. The minimum atomic E-state index is -4.06. The van der Waals surface area contributed by atoms with Crippen LogP contribution in [-0.2, 0) is 16.5 Å². The highest BCUT2D eigenvalue weighted by Crippen LogP contribution is 2.22. The Morgan fingerprint density at radius 1 is 1.35 bits per heavy atom. The molecule has 0 aliphatic rings. The molecule has 0 aromatic heterocycles. The quantitative estimate of drug-likeness (QED) is 0.796. The maximum atomic E-state index is 11.1. The summed E-state index contributed by atoms with van der Waals surface area (Å²) in [4.78, 5) is 0. The molecule has 0 bridgehead atoms. The smallest absolute Gasteiger partial charge is 0.286 e. The molecule has 1 atom stereocenters. The molecule has 1 aromatic rings. The Hall–Kier alpha value is -1.07. The van der Waals surface area contributed by atoms with Gasteiger partial charge in [-0.15, -0.1) is 0 Å². The van der Waals surface area contributed by atoms with E-state index in [-0.39, 0.29) is 0 Å². The predicted molar refractivity (Wildman–Crippen MR) is 69.8 cm³/mol. The lowest BCUT2D eigenvalue weighted by molar-refractivity contribution is 0.470. The number of hydrogen-bond acceptors (Lipinski definition) is 3. The molecule has 0 spiro atoms. The summed E-state index contributed by atoms with van der Waals surface area (Å²) in [6.07, 6.45) is 1.13. The largest absolute Gasteiger partial charge is 0.367 e. The zero-order chi connectivity index (χ0) is 13.1. The monoisotopic (exact) mass is 257 g/mol. The fourth-order valence-corrected chi connectivity index (χ4v) is 2.56. The highest BCUT2D eigenvalue weighted by molar-refractivity contribution is 7.86. The molecule has 0 radical (unpaired) electrons. The van der Waals surface area contributed by atoms with Gasteiger partial charge < -0.3 is 5.32 Å². The van der Waals surface area contributed by atoms with Crippen LogP contribution in [-0.4, -0.2) is 18.3 Å². The minimum Gasteiger partial charge on any atom is -0.367 e. The third kappa shape index (κ3) is 3.44. The van der Waals surface area contributed by atoms with Crippen LogP contribution in [0.2, 0.25) is 0 Å². The molecule has 0 aliphatic carbocycles. The van der Waals surface area contributed by atoms with E-state index in [1.807, 2.05) is 32.0 Å². The average Bonchev–Trinajstić information content (AvgIpc) is 2.24. The predicted octanol–water partition coefficient (Wildman–Crippen LogP) is 2.59. The van der Waals surface area contributed by atoms with Gasteiger partial charge in [-0.2, -0.15) is 8.42 Å². The van der Waals surface area contributed by atoms with Gasteiger partial charge in [0.15, 0.2) is 5.37 Å². The van der Waals surface area contributed by atoms with Crippen LogP contribution in [0.15, 0.2) is 18.2 Å². The van der Waals surface area contributed by atoms with Gasteiger partial charge in [0.05, 0.1) is 0 Å². The fourth-order valence-electron chi connectivity index (χ4n) is 1.87. The van der Waals surface area contributed by atoms with Gasteiger partial charge in [0.25, 0.3) is 10.1 Å². The van der Waals surface area contributed by atoms with Crippen LogP contribution in [0.5, 0.6) is 0 Å². The standard InChI is InChI=1S/C12H19NO3S/c1-4-10-9(3)7-6-8-11(10)13-12(5-2)17(14,15)16/h6-8,12-13H,4-5H2,1-3H3,(H,14,15,16). The maximum Gasteiger partial charge on any atom is 0.286 e. The summed E-state index contributed by atoms with van der Waals surface area (Å²) in [5, 5.41) is 1.94. The van der Waals surface area contributed by atoms with E-state index in [0.29, 0.717) is 6.42 Å². The summed E-state index contributed by atoms with van der Waals surface area (Å²) in [7, 11) is -4.06. The van der Waals surface area contributed by atoms with Gasteiger partial charge in [-0.3, -0.25) is 4.55 Å². The van der Waals surface area contributed by atoms with E-state index in [1.54, 1.807) is 6.92 Å². The summed E-state index contributed by atoms with van der Waals surface area (Å²) in [6, 6.07) is 5.69. The number of anilines is 1. The Morgan fingerprint density at radius 2 is 2.00 bits per heavy atom. The lowest BCUT2D eigenvalue weighted by atomic mass is 10.0. The molecular formula is C12H19NO3S. The highest BCUT2D eigenvalue weighted by atomic mass is 32.2. The van der Waals surface area contributed by atoms with Gasteiger partial charge in [0, 0.05) is 5.69 Å². The van der Waals surface area contributed by atoms with Crippen molar-refractivity contribution in [3.8, 4) is 0 Å². The molecule has 1 rings (SSSR count). The van der Waals surface area contributed by atoms with E-state index in [1.165, 1.54) is 0 Å². The summed E-state index contributed by atoms with van der Waals surface area (Å²) in [6.45, 7) is 5.72. The molecule has 5 heteroatoms. The summed E-state index contributed by atoms with van der Waals surface area (Å²) >= 11 is 0. The minimum absolute atomic E-state index is 0.315. The van der Waals surface area contributed by atoms with Crippen LogP contribution in [0.1, 0.15) is 31.4 Å². The SMILES string of the molecule is CCc1c(C)cccc1NC(CC)S(=O)(=O)O. The molecule has 0 heterocycles. The van der Waals surface area contributed by atoms with Crippen LogP contribution in [0.4, 0.5) is 5.69 Å². The molecule has 0 fully saturated rings. The molecule has 0 saturated carbocycles. The van der Waals surface area contributed by atoms with Crippen LogP contribution < -0.4 is 5.32 Å². The van der Waals surface area contributed by atoms with Crippen molar-refractivity contribution >= 4 is 15.8 Å². The van der Waals surface area contributed by atoms with Crippen molar-refractivity contribution in [2.75, 3.05) is 5.32 Å². The number of nitrogens with one attached hydrogen (secondary N) is 1. The second-order valence-corrected chi connectivity index (χ2v) is 5.61. The van der Waals surface area contributed by atoms with Crippen LogP contribution >= 0.6 is 0 Å². The molecule has 2 N–H and O–H groups in total. The second kappa shape index (κ2) is 5.51. The number of hydrogen-bond donors (Lipinski definition) is 2. The van der Waals surface area contributed by atoms with E-state index in [9.17, 15) is 8.42 Å². The third-order valence-corrected chi connectivity index (χ3v) is 3.98. The molecule has 0 aliphatic heterocycles. The first-order chi connectivity index (χ1) is 7.90. The van der Waals surface area contributed by atoms with Crippen LogP contribution in [0.25, 0.3) is 0 Å². The van der Waals surface area contributed by atoms with E-state index >= 15 is 0 Å². The van der Waals surface area contributed by atoms with Crippen molar-refractivity contribution in [1.29, 1.82) is 0 Å². The zero-order valence-corrected chi connectivity index (χ0v) is 11.2. The fraction of sp³-hybridized carbons (Fsp3) is 0.500. The molecule has 1 aromatic carbocycles. The first-order valence-electron chi connectivity index (χ1n) is 5.71. The second-order valence-electron chi connectivity index (χ2n) is 4.01. The molecular weight excluding hydrogens is 238 g/mol. The van der Waals surface area contributed by atoms with Crippen molar-refractivity contribution in [2.45, 2.75) is 39.0 Å². The lowest BCUT2D eigenvalue weighted by Crippen LogP contribution is -2.28. The van der Waals surface area contributed by atoms with Crippen molar-refractivity contribution in [2.24, 2.45) is 0 Å². The Morgan fingerprint density at radius 3 is 2.47 bits per heavy atom. The first kappa shape index (κ1) is 14.0. The number of rotatable bonds is 5. The van der Waals surface area contributed by atoms with Gasteiger partial charge >= 0.3 is 0 Å². The van der Waals surface area contributed by atoms with E-state index in [2.05, 4.69) is 5.32 Å². The summed E-state index contributed by atoms with van der Waals surface area (Å²) < 4.78 is 31.4. The van der Waals surface area contributed by atoms with Gasteiger partial charge in [0.1, 0.15) is 0 Å². The van der Waals surface area contributed by atoms with Crippen molar-refractivity contribution < 1.29 is 13.0 Å². The number of aryl methyl sites for hydroxylation is 1. The molecule has 1 unspecified atom stereocenters. The number of benzene rings is 1. The van der Waals surface area contributed by atoms with Gasteiger partial charge in [-0.1, -0.05) is 26.0 Å². The van der Waals surface area contributed by atoms with E-state index in [0.717, 1.165) is 23.2 Å². The van der Waals surface area contributed by atoms with Crippen molar-refractivity contribution in [3.63, 3.8) is 0 Å². The third-order valence-electron chi connectivity index (χ3n) is 2.81. The van der Waals surface area contributed by atoms with Crippen LogP contribution in [0.3, 0.4) is 0 Å². The molecule has 17 heavy (non-hydrogen) atoms. The molecule has 0 saturated heterocycles. The average molecular weight is 257 g/mol. The maximum absolute atomic E-state index is 11.1. The van der Waals surface area contributed by atoms with E-state index in [4.69, 9.17) is 4.55 Å². The lowest BCUT2D eigenvalue weighted by Gasteiger charge is -2.18.